The van der Waals surface area contributed by atoms with Gasteiger partial charge in [0.05, 0.1) is 6.42 Å². The molecular weight excluding hydrogens is 432 g/mol. The molecule has 5 heteroatoms. The van der Waals surface area contributed by atoms with E-state index in [0.717, 1.165) is 22.3 Å². The van der Waals surface area contributed by atoms with Gasteiger partial charge in [-0.05, 0) is 60.7 Å². The van der Waals surface area contributed by atoms with Gasteiger partial charge >= 0.3 is 0 Å². The SMILES string of the molecule is CCNC(=O)[C@H](Cc1ccccc1)N(Cc1ccc(Cl)cc1)C(=O)Cc1ccc(C)c(C)c1. The number of halogens is 1. The topological polar surface area (TPSA) is 49.4 Å². The average molecular weight is 463 g/mol. The van der Waals surface area contributed by atoms with Crippen molar-refractivity contribution in [1.82, 2.24) is 10.2 Å². The van der Waals surface area contributed by atoms with Crippen molar-refractivity contribution in [2.45, 2.75) is 46.2 Å². The summed E-state index contributed by atoms with van der Waals surface area (Å²) in [7, 11) is 0. The molecule has 0 radical (unpaired) electrons. The molecule has 0 fully saturated rings. The van der Waals surface area contributed by atoms with Gasteiger partial charge < -0.3 is 10.2 Å². The highest BCUT2D eigenvalue weighted by molar-refractivity contribution is 6.30. The second-order valence-electron chi connectivity index (χ2n) is 8.34. The summed E-state index contributed by atoms with van der Waals surface area (Å²) in [4.78, 5) is 28.5. The minimum Gasteiger partial charge on any atom is -0.355 e. The van der Waals surface area contributed by atoms with Gasteiger partial charge in [0.25, 0.3) is 0 Å². The average Bonchev–Trinajstić information content (AvgIpc) is 2.80. The molecule has 4 nitrogen and oxygen atoms in total. The van der Waals surface area contributed by atoms with Crippen molar-refractivity contribution < 1.29 is 9.59 Å². The lowest BCUT2D eigenvalue weighted by atomic mass is 10.00. The molecule has 3 aromatic carbocycles. The minimum atomic E-state index is -0.623. The maximum absolute atomic E-state index is 13.6. The summed E-state index contributed by atoms with van der Waals surface area (Å²) in [6, 6.07) is 22.7. The number of likely N-dealkylation sites (N-methyl/N-ethyl adjacent to an activating group) is 1. The van der Waals surface area contributed by atoms with E-state index in [9.17, 15) is 9.59 Å². The minimum absolute atomic E-state index is 0.0830. The highest BCUT2D eigenvalue weighted by Gasteiger charge is 2.30. The van der Waals surface area contributed by atoms with E-state index in [0.29, 0.717) is 24.5 Å². The normalized spacial score (nSPS) is 11.6. The number of carbonyl (C=O) groups is 2. The maximum atomic E-state index is 13.6. The van der Waals surface area contributed by atoms with Gasteiger partial charge in [0, 0.05) is 24.5 Å². The third-order valence-electron chi connectivity index (χ3n) is 5.81. The zero-order valence-corrected chi connectivity index (χ0v) is 20.2. The molecule has 2 amide bonds. The second kappa shape index (κ2) is 11.7. The third-order valence-corrected chi connectivity index (χ3v) is 6.07. The first-order valence-corrected chi connectivity index (χ1v) is 11.7. The largest absolute Gasteiger partial charge is 0.355 e. The van der Waals surface area contributed by atoms with Gasteiger partial charge in [0.1, 0.15) is 6.04 Å². The summed E-state index contributed by atoms with van der Waals surface area (Å²) in [6.07, 6.45) is 0.679. The number of hydrogen-bond donors (Lipinski definition) is 1. The van der Waals surface area contributed by atoms with Gasteiger partial charge in [-0.1, -0.05) is 72.3 Å². The van der Waals surface area contributed by atoms with E-state index in [1.165, 1.54) is 5.56 Å². The van der Waals surface area contributed by atoms with E-state index >= 15 is 0 Å². The molecule has 1 N–H and O–H groups in total. The lowest BCUT2D eigenvalue weighted by Gasteiger charge is -2.31. The van der Waals surface area contributed by atoms with Gasteiger partial charge in [-0.3, -0.25) is 9.59 Å². The summed E-state index contributed by atoms with van der Waals surface area (Å²) in [6.45, 7) is 6.82. The van der Waals surface area contributed by atoms with Crippen molar-refractivity contribution in [2.75, 3.05) is 6.54 Å². The molecule has 0 saturated heterocycles. The van der Waals surface area contributed by atoms with Gasteiger partial charge in [0.2, 0.25) is 11.8 Å². The maximum Gasteiger partial charge on any atom is 0.243 e. The number of amides is 2. The summed E-state index contributed by atoms with van der Waals surface area (Å²) >= 11 is 6.06. The fourth-order valence-corrected chi connectivity index (χ4v) is 3.95. The van der Waals surface area contributed by atoms with Crippen molar-refractivity contribution in [1.29, 1.82) is 0 Å². The Balaban J connectivity index is 1.95. The standard InChI is InChI=1S/C28H31ClN2O2/c1-4-30-28(33)26(17-22-8-6-5-7-9-22)31(19-23-12-14-25(29)15-13-23)27(32)18-24-11-10-20(2)21(3)16-24/h5-16,26H,4,17-19H2,1-3H3,(H,30,33)/t26-/m0/s1. The molecular formula is C28H31ClN2O2. The number of nitrogens with zero attached hydrogens (tertiary/aromatic N) is 1. The quantitative estimate of drug-likeness (QED) is 0.470. The van der Waals surface area contributed by atoms with Crippen molar-refractivity contribution in [3.63, 3.8) is 0 Å². The fourth-order valence-electron chi connectivity index (χ4n) is 3.82. The number of benzene rings is 3. The van der Waals surface area contributed by atoms with Crippen LogP contribution in [0.3, 0.4) is 0 Å². The van der Waals surface area contributed by atoms with E-state index < -0.39 is 6.04 Å². The zero-order chi connectivity index (χ0) is 23.8. The van der Waals surface area contributed by atoms with Crippen LogP contribution >= 0.6 is 11.6 Å². The molecule has 0 spiro atoms. The van der Waals surface area contributed by atoms with Crippen LogP contribution in [0, 0.1) is 13.8 Å². The molecule has 0 heterocycles. The van der Waals surface area contributed by atoms with E-state index in [-0.39, 0.29) is 18.2 Å². The number of nitrogens with one attached hydrogen (secondary N) is 1. The Morgan fingerprint density at radius 2 is 1.55 bits per heavy atom. The second-order valence-corrected chi connectivity index (χ2v) is 8.78. The first kappa shape index (κ1) is 24.5. The Morgan fingerprint density at radius 1 is 0.879 bits per heavy atom. The molecule has 0 unspecified atom stereocenters. The Bertz CT molecular complexity index is 1080. The highest BCUT2D eigenvalue weighted by Crippen LogP contribution is 2.19. The molecule has 0 bridgehead atoms. The van der Waals surface area contributed by atoms with E-state index in [1.54, 1.807) is 17.0 Å². The summed E-state index contributed by atoms with van der Waals surface area (Å²) in [5.41, 5.74) is 5.21. The first-order valence-electron chi connectivity index (χ1n) is 11.3. The number of hydrogen-bond acceptors (Lipinski definition) is 2. The zero-order valence-electron chi connectivity index (χ0n) is 19.5. The molecule has 0 aliphatic heterocycles. The summed E-state index contributed by atoms with van der Waals surface area (Å²) < 4.78 is 0. The monoisotopic (exact) mass is 462 g/mol. The van der Waals surface area contributed by atoms with E-state index in [4.69, 9.17) is 11.6 Å². The van der Waals surface area contributed by atoms with Crippen LogP contribution in [0.1, 0.15) is 34.7 Å². The van der Waals surface area contributed by atoms with Gasteiger partial charge in [-0.15, -0.1) is 0 Å². The molecule has 0 aromatic heterocycles. The number of aryl methyl sites for hydroxylation is 2. The molecule has 0 aliphatic carbocycles. The van der Waals surface area contributed by atoms with Crippen molar-refractivity contribution in [2.24, 2.45) is 0 Å². The summed E-state index contributed by atoms with van der Waals surface area (Å²) in [5.74, 6) is -0.232. The van der Waals surface area contributed by atoms with Crippen LogP contribution in [0.15, 0.2) is 72.8 Å². The van der Waals surface area contributed by atoms with Crippen LogP contribution in [-0.2, 0) is 29.0 Å². The molecule has 3 aromatic rings. The lowest BCUT2D eigenvalue weighted by Crippen LogP contribution is -2.50. The third kappa shape index (κ3) is 6.93. The van der Waals surface area contributed by atoms with Crippen molar-refractivity contribution in [3.8, 4) is 0 Å². The Labute approximate surface area is 201 Å². The van der Waals surface area contributed by atoms with Crippen LogP contribution in [-0.4, -0.2) is 29.3 Å². The number of carbonyl (C=O) groups excluding carboxylic acids is 2. The van der Waals surface area contributed by atoms with Crippen LogP contribution in [0.4, 0.5) is 0 Å². The van der Waals surface area contributed by atoms with Crippen LogP contribution in [0.5, 0.6) is 0 Å². The number of rotatable bonds is 9. The Kier molecular flexibility index (Phi) is 8.67. The Hall–Kier alpha value is -3.11. The molecule has 1 atom stereocenters. The van der Waals surface area contributed by atoms with Crippen molar-refractivity contribution >= 4 is 23.4 Å². The highest BCUT2D eigenvalue weighted by atomic mass is 35.5. The predicted octanol–water partition coefficient (Wildman–Crippen LogP) is 5.28. The lowest BCUT2D eigenvalue weighted by molar-refractivity contribution is -0.140. The smallest absolute Gasteiger partial charge is 0.243 e. The molecule has 3 rings (SSSR count). The van der Waals surface area contributed by atoms with Gasteiger partial charge in [0.15, 0.2) is 0 Å². The first-order chi connectivity index (χ1) is 15.9. The van der Waals surface area contributed by atoms with Crippen molar-refractivity contribution in [3.05, 3.63) is 106 Å². The summed E-state index contributed by atoms with van der Waals surface area (Å²) in [5, 5.41) is 3.56. The molecule has 172 valence electrons. The molecule has 33 heavy (non-hydrogen) atoms. The van der Waals surface area contributed by atoms with Crippen LogP contribution in [0.2, 0.25) is 5.02 Å². The van der Waals surface area contributed by atoms with Gasteiger partial charge in [-0.25, -0.2) is 0 Å². The Morgan fingerprint density at radius 3 is 2.18 bits per heavy atom. The van der Waals surface area contributed by atoms with Gasteiger partial charge in [-0.2, -0.15) is 0 Å². The van der Waals surface area contributed by atoms with Crippen LogP contribution in [0.25, 0.3) is 0 Å². The molecule has 0 aliphatic rings. The predicted molar refractivity (Wildman–Crippen MR) is 134 cm³/mol. The van der Waals surface area contributed by atoms with E-state index in [1.807, 2.05) is 74.5 Å². The molecule has 0 saturated carbocycles. The van der Waals surface area contributed by atoms with E-state index in [2.05, 4.69) is 12.2 Å². The van der Waals surface area contributed by atoms with Crippen LogP contribution < -0.4 is 5.32 Å². The fraction of sp³-hybridized carbons (Fsp3) is 0.286.